The number of anilines is 1. The number of nitriles is 1. The van der Waals surface area contributed by atoms with E-state index in [4.69, 9.17) is 11.0 Å². The van der Waals surface area contributed by atoms with Crippen molar-refractivity contribution < 1.29 is 9.59 Å². The van der Waals surface area contributed by atoms with E-state index in [0.29, 0.717) is 5.69 Å². The lowest BCUT2D eigenvalue weighted by Crippen LogP contribution is -2.11. The summed E-state index contributed by atoms with van der Waals surface area (Å²) in [5, 5.41) is 12.9. The van der Waals surface area contributed by atoms with Gasteiger partial charge in [0.05, 0.1) is 0 Å². The van der Waals surface area contributed by atoms with Crippen molar-refractivity contribution in [3.8, 4) is 5.40 Å². The highest BCUT2D eigenvalue weighted by Crippen LogP contribution is 2.18. The second-order valence-electron chi connectivity index (χ2n) is 2.94. The molecule has 86 valence electrons. The van der Waals surface area contributed by atoms with Gasteiger partial charge in [-0.05, 0) is 36.0 Å². The van der Waals surface area contributed by atoms with E-state index >= 15 is 0 Å². The van der Waals surface area contributed by atoms with Gasteiger partial charge >= 0.3 is 0 Å². The Labute approximate surface area is 102 Å². The van der Waals surface area contributed by atoms with E-state index in [2.05, 4.69) is 5.32 Å². The molecule has 3 N–H and O–H groups in total. The maximum Gasteiger partial charge on any atom is 0.248 e. The van der Waals surface area contributed by atoms with Gasteiger partial charge in [0, 0.05) is 22.7 Å². The van der Waals surface area contributed by atoms with Crippen LogP contribution in [0.2, 0.25) is 0 Å². The van der Waals surface area contributed by atoms with Crippen LogP contribution in [0, 0.1) is 10.7 Å². The Morgan fingerprint density at radius 1 is 1.29 bits per heavy atom. The quantitative estimate of drug-likeness (QED) is 0.475. The molecule has 0 saturated heterocycles. The van der Waals surface area contributed by atoms with E-state index in [1.807, 2.05) is 5.40 Å². The minimum Gasteiger partial charge on any atom is -0.366 e. The summed E-state index contributed by atoms with van der Waals surface area (Å²) < 4.78 is 0. The van der Waals surface area contributed by atoms with Crippen LogP contribution >= 0.6 is 11.8 Å². The molecule has 0 spiro atoms. The molecule has 0 saturated carbocycles. The smallest absolute Gasteiger partial charge is 0.248 e. The third-order valence-electron chi connectivity index (χ3n) is 1.68. The maximum absolute atomic E-state index is 11.3. The summed E-state index contributed by atoms with van der Waals surface area (Å²) in [6.07, 6.45) is 2.04. The average Bonchev–Trinajstić information content (AvgIpc) is 2.29. The summed E-state index contributed by atoms with van der Waals surface area (Å²) in [5.41, 5.74) is 5.42. The second-order valence-corrected chi connectivity index (χ2v) is 3.80. The Kier molecular flexibility index (Phi) is 4.78. The van der Waals surface area contributed by atoms with Crippen LogP contribution in [0.25, 0.3) is 0 Å². The standard InChI is InChI=1S/C11H9N3O2S/c12-7-17-9-3-1-8(2-4-9)14-11(16)6-5-10(13)15/h1-6H,(H2,13,15)(H,14,16). The number of carbonyl (C=O) groups is 2. The van der Waals surface area contributed by atoms with Crippen LogP contribution in [-0.4, -0.2) is 11.8 Å². The van der Waals surface area contributed by atoms with Crippen LogP contribution in [0.4, 0.5) is 5.69 Å². The molecule has 0 atom stereocenters. The molecule has 1 rings (SSSR count). The van der Waals surface area contributed by atoms with Crippen LogP contribution in [-0.2, 0) is 9.59 Å². The Balaban J connectivity index is 2.60. The highest BCUT2D eigenvalue weighted by molar-refractivity contribution is 8.03. The number of hydrogen-bond acceptors (Lipinski definition) is 4. The molecule has 0 bridgehead atoms. The van der Waals surface area contributed by atoms with E-state index < -0.39 is 11.8 Å². The minimum absolute atomic E-state index is 0.440. The van der Waals surface area contributed by atoms with Crippen LogP contribution < -0.4 is 11.1 Å². The molecule has 0 fully saturated rings. The number of benzene rings is 1. The Bertz CT molecular complexity index is 488. The van der Waals surface area contributed by atoms with Crippen molar-refractivity contribution in [2.45, 2.75) is 4.90 Å². The average molecular weight is 247 g/mol. The number of nitrogens with one attached hydrogen (secondary N) is 1. The molecule has 0 heterocycles. The highest BCUT2D eigenvalue weighted by atomic mass is 32.2. The van der Waals surface area contributed by atoms with Gasteiger partial charge in [0.15, 0.2) is 0 Å². The van der Waals surface area contributed by atoms with Crippen molar-refractivity contribution in [3.05, 3.63) is 36.4 Å². The number of nitrogens with zero attached hydrogens (tertiary/aromatic N) is 1. The zero-order valence-corrected chi connectivity index (χ0v) is 9.53. The van der Waals surface area contributed by atoms with Crippen molar-refractivity contribution in [1.29, 1.82) is 5.26 Å². The number of nitrogens with two attached hydrogens (primary N) is 1. The number of rotatable bonds is 4. The lowest BCUT2D eigenvalue weighted by atomic mass is 10.3. The molecule has 0 aliphatic heterocycles. The molecule has 6 heteroatoms. The zero-order valence-electron chi connectivity index (χ0n) is 8.71. The van der Waals surface area contributed by atoms with Crippen molar-refractivity contribution in [3.63, 3.8) is 0 Å². The van der Waals surface area contributed by atoms with E-state index in [1.165, 1.54) is 0 Å². The summed E-state index contributed by atoms with van der Waals surface area (Å²) in [7, 11) is 0. The number of hydrogen-bond donors (Lipinski definition) is 2. The number of amides is 2. The van der Waals surface area contributed by atoms with Crippen LogP contribution in [0.1, 0.15) is 0 Å². The zero-order chi connectivity index (χ0) is 12.7. The fourth-order valence-corrected chi connectivity index (χ4v) is 1.38. The Morgan fingerprint density at radius 2 is 1.94 bits per heavy atom. The molecule has 0 unspecified atom stereocenters. The molecule has 2 amide bonds. The van der Waals surface area contributed by atoms with E-state index in [1.54, 1.807) is 24.3 Å². The summed E-state index contributed by atoms with van der Waals surface area (Å²) >= 11 is 1.03. The molecular formula is C11H9N3O2S. The lowest BCUT2D eigenvalue weighted by Gasteiger charge is -2.01. The van der Waals surface area contributed by atoms with E-state index in [9.17, 15) is 9.59 Å². The van der Waals surface area contributed by atoms with Crippen LogP contribution in [0.3, 0.4) is 0 Å². The fraction of sp³-hybridized carbons (Fsp3) is 0. The summed E-state index contributed by atoms with van der Waals surface area (Å²) in [6.45, 7) is 0. The number of thiocyanates is 1. The Hall–Kier alpha value is -2.26. The Morgan fingerprint density at radius 3 is 2.47 bits per heavy atom. The first-order valence-electron chi connectivity index (χ1n) is 4.56. The van der Waals surface area contributed by atoms with Gasteiger partial charge in [-0.15, -0.1) is 0 Å². The molecule has 1 aromatic carbocycles. The number of carbonyl (C=O) groups excluding carboxylic acids is 2. The third kappa shape index (κ3) is 4.86. The van der Waals surface area contributed by atoms with Gasteiger partial charge in [-0.2, -0.15) is 5.26 Å². The summed E-state index contributed by atoms with van der Waals surface area (Å²) in [6, 6.07) is 6.74. The number of thioether (sulfide) groups is 1. The SMILES string of the molecule is N#CSc1ccc(NC(=O)C=CC(N)=O)cc1. The van der Waals surface area contributed by atoms with Gasteiger partial charge in [-0.25, -0.2) is 0 Å². The topological polar surface area (TPSA) is 96.0 Å². The molecule has 5 nitrogen and oxygen atoms in total. The molecule has 0 aliphatic rings. The maximum atomic E-state index is 11.3. The molecule has 1 aromatic rings. The first-order valence-corrected chi connectivity index (χ1v) is 5.38. The first kappa shape index (κ1) is 12.8. The monoisotopic (exact) mass is 247 g/mol. The third-order valence-corrected chi connectivity index (χ3v) is 2.28. The highest BCUT2D eigenvalue weighted by Gasteiger charge is 1.99. The predicted octanol–water partition coefficient (Wildman–Crippen LogP) is 1.24. The van der Waals surface area contributed by atoms with Gasteiger partial charge in [0.25, 0.3) is 0 Å². The van der Waals surface area contributed by atoms with Gasteiger partial charge in [0.2, 0.25) is 11.8 Å². The van der Waals surface area contributed by atoms with Crippen molar-refractivity contribution in [2.24, 2.45) is 5.73 Å². The molecule has 0 aromatic heterocycles. The molecule has 17 heavy (non-hydrogen) atoms. The van der Waals surface area contributed by atoms with Crippen molar-refractivity contribution in [1.82, 2.24) is 0 Å². The van der Waals surface area contributed by atoms with Crippen molar-refractivity contribution in [2.75, 3.05) is 5.32 Å². The molecular weight excluding hydrogens is 238 g/mol. The normalized spacial score (nSPS) is 9.82. The summed E-state index contributed by atoms with van der Waals surface area (Å²) in [4.78, 5) is 22.4. The van der Waals surface area contributed by atoms with Crippen molar-refractivity contribution >= 4 is 29.3 Å². The predicted molar refractivity (Wildman–Crippen MR) is 64.9 cm³/mol. The molecule has 0 aliphatic carbocycles. The first-order chi connectivity index (χ1) is 8.11. The largest absolute Gasteiger partial charge is 0.366 e. The van der Waals surface area contributed by atoms with Crippen LogP contribution in [0.5, 0.6) is 0 Å². The van der Waals surface area contributed by atoms with Gasteiger partial charge in [-0.1, -0.05) is 0 Å². The summed E-state index contributed by atoms with van der Waals surface area (Å²) in [5.74, 6) is -1.12. The van der Waals surface area contributed by atoms with Gasteiger partial charge in [-0.3, -0.25) is 9.59 Å². The fourth-order valence-electron chi connectivity index (χ4n) is 1.00. The van der Waals surface area contributed by atoms with Gasteiger partial charge < -0.3 is 11.1 Å². The van der Waals surface area contributed by atoms with E-state index in [-0.39, 0.29) is 0 Å². The lowest BCUT2D eigenvalue weighted by molar-refractivity contribution is -0.115. The second kappa shape index (κ2) is 6.35. The molecule has 0 radical (unpaired) electrons. The van der Waals surface area contributed by atoms with E-state index in [0.717, 1.165) is 28.8 Å². The minimum atomic E-state index is -0.680. The number of primary amides is 1. The van der Waals surface area contributed by atoms with Gasteiger partial charge in [0.1, 0.15) is 5.40 Å². The van der Waals surface area contributed by atoms with Crippen LogP contribution in [0.15, 0.2) is 41.3 Å².